The molecule has 0 amide bonds. The molecule has 4 heteroatoms. The van der Waals surface area contributed by atoms with Gasteiger partial charge in [-0.05, 0) is 38.8 Å². The highest BCUT2D eigenvalue weighted by Gasteiger charge is 2.30. The van der Waals surface area contributed by atoms with Gasteiger partial charge < -0.3 is 15.0 Å². The zero-order valence-electron chi connectivity index (χ0n) is 12.6. The van der Waals surface area contributed by atoms with Crippen LogP contribution < -0.4 is 10.2 Å². The van der Waals surface area contributed by atoms with Crippen molar-refractivity contribution < 1.29 is 9.53 Å². The lowest BCUT2D eigenvalue weighted by molar-refractivity contribution is -0.142. The highest BCUT2D eigenvalue weighted by atomic mass is 16.5. The molecule has 1 aromatic carbocycles. The fraction of sp³-hybridized carbons (Fsp3) is 0.562. The van der Waals surface area contributed by atoms with E-state index >= 15 is 0 Å². The number of hydrogen-bond donors (Lipinski definition) is 1. The van der Waals surface area contributed by atoms with Crippen LogP contribution in [0.3, 0.4) is 0 Å². The second kappa shape index (κ2) is 6.75. The fourth-order valence-electron chi connectivity index (χ4n) is 2.27. The molecular weight excluding hydrogens is 252 g/mol. The number of anilines is 1. The summed E-state index contributed by atoms with van der Waals surface area (Å²) in [5.74, 6) is -0.178. The summed E-state index contributed by atoms with van der Waals surface area (Å²) in [6, 6.07) is 8.62. The van der Waals surface area contributed by atoms with E-state index in [2.05, 4.69) is 48.3 Å². The molecule has 0 aliphatic heterocycles. The van der Waals surface area contributed by atoms with Crippen molar-refractivity contribution in [3.63, 3.8) is 0 Å². The predicted octanol–water partition coefficient (Wildman–Crippen LogP) is 2.11. The smallest absolute Gasteiger partial charge is 0.324 e. The Morgan fingerprint density at radius 3 is 2.55 bits per heavy atom. The molecule has 1 atom stereocenters. The third-order valence-corrected chi connectivity index (χ3v) is 3.68. The minimum absolute atomic E-state index is 0.178. The molecule has 1 N–H and O–H groups in total. The maximum atomic E-state index is 11.9. The summed E-state index contributed by atoms with van der Waals surface area (Å²) < 4.78 is 4.91. The van der Waals surface area contributed by atoms with Crippen molar-refractivity contribution in [3.8, 4) is 0 Å². The van der Waals surface area contributed by atoms with E-state index in [9.17, 15) is 4.79 Å². The van der Waals surface area contributed by atoms with Gasteiger partial charge in [-0.3, -0.25) is 4.79 Å². The van der Waals surface area contributed by atoms with E-state index in [0.717, 1.165) is 25.1 Å². The lowest BCUT2D eigenvalue weighted by atomic mass is 10.2. The number of likely N-dealkylation sites (N-methyl/N-ethyl adjacent to an activating group) is 1. The van der Waals surface area contributed by atoms with Gasteiger partial charge in [0.25, 0.3) is 0 Å². The van der Waals surface area contributed by atoms with Crippen LogP contribution in [-0.4, -0.2) is 38.3 Å². The second-order valence-electron chi connectivity index (χ2n) is 5.39. The summed E-state index contributed by atoms with van der Waals surface area (Å²) in [6.45, 7) is 5.68. The van der Waals surface area contributed by atoms with Crippen LogP contribution >= 0.6 is 0 Å². The highest BCUT2D eigenvalue weighted by Crippen LogP contribution is 2.21. The molecule has 0 saturated heterocycles. The van der Waals surface area contributed by atoms with Gasteiger partial charge in [-0.15, -0.1) is 0 Å². The van der Waals surface area contributed by atoms with Crippen LogP contribution in [0.2, 0.25) is 0 Å². The van der Waals surface area contributed by atoms with Crippen LogP contribution in [0.15, 0.2) is 24.3 Å². The summed E-state index contributed by atoms with van der Waals surface area (Å²) in [5.41, 5.74) is 2.38. The van der Waals surface area contributed by atoms with Gasteiger partial charge in [-0.1, -0.05) is 17.7 Å². The van der Waals surface area contributed by atoms with E-state index in [-0.39, 0.29) is 12.0 Å². The molecule has 1 fully saturated rings. The van der Waals surface area contributed by atoms with Gasteiger partial charge in [-0.25, -0.2) is 0 Å². The largest absolute Gasteiger partial charge is 0.468 e. The molecule has 0 radical (unpaired) electrons. The number of carbonyl (C=O) groups is 1. The number of rotatable bonds is 7. The number of aryl methyl sites for hydroxylation is 1. The number of carbonyl (C=O) groups excluding carboxylic acids is 1. The zero-order valence-corrected chi connectivity index (χ0v) is 12.6. The van der Waals surface area contributed by atoms with E-state index < -0.39 is 0 Å². The van der Waals surface area contributed by atoms with Crippen molar-refractivity contribution in [1.29, 1.82) is 0 Å². The van der Waals surface area contributed by atoms with Crippen LogP contribution in [0.4, 0.5) is 5.69 Å². The SMILES string of the molecule is CCN(CC(NC1CC1)C(=O)OC)c1ccc(C)cc1. The molecule has 0 heterocycles. The van der Waals surface area contributed by atoms with Crippen LogP contribution in [-0.2, 0) is 9.53 Å². The summed E-state index contributed by atoms with van der Waals surface area (Å²) in [5, 5.41) is 3.37. The maximum absolute atomic E-state index is 11.9. The number of nitrogens with zero attached hydrogens (tertiary/aromatic N) is 1. The summed E-state index contributed by atoms with van der Waals surface area (Å²) >= 11 is 0. The normalized spacial score (nSPS) is 15.8. The van der Waals surface area contributed by atoms with Gasteiger partial charge in [0.05, 0.1) is 7.11 Å². The highest BCUT2D eigenvalue weighted by molar-refractivity contribution is 5.76. The number of ether oxygens (including phenoxy) is 1. The number of nitrogens with one attached hydrogen (secondary N) is 1. The first-order valence-corrected chi connectivity index (χ1v) is 7.29. The molecular formula is C16H24N2O2. The monoisotopic (exact) mass is 276 g/mol. The summed E-state index contributed by atoms with van der Waals surface area (Å²) in [6.07, 6.45) is 2.31. The van der Waals surface area contributed by atoms with Crippen molar-refractivity contribution in [2.24, 2.45) is 0 Å². The molecule has 4 nitrogen and oxygen atoms in total. The van der Waals surface area contributed by atoms with E-state index in [1.807, 2.05) is 0 Å². The summed E-state index contributed by atoms with van der Waals surface area (Å²) in [4.78, 5) is 14.1. The van der Waals surface area contributed by atoms with E-state index in [1.54, 1.807) is 0 Å². The van der Waals surface area contributed by atoms with Crippen LogP contribution in [0.5, 0.6) is 0 Å². The topological polar surface area (TPSA) is 41.6 Å². The Morgan fingerprint density at radius 1 is 1.40 bits per heavy atom. The molecule has 0 bridgehead atoms. The molecule has 1 unspecified atom stereocenters. The van der Waals surface area contributed by atoms with Crippen LogP contribution in [0.25, 0.3) is 0 Å². The van der Waals surface area contributed by atoms with E-state index in [0.29, 0.717) is 12.6 Å². The van der Waals surface area contributed by atoms with Crippen molar-refractivity contribution >= 4 is 11.7 Å². The Bertz CT molecular complexity index is 440. The lowest BCUT2D eigenvalue weighted by Crippen LogP contribution is -2.47. The van der Waals surface area contributed by atoms with Crippen molar-refractivity contribution in [2.75, 3.05) is 25.1 Å². The lowest BCUT2D eigenvalue weighted by Gasteiger charge is -2.28. The number of methoxy groups -OCH3 is 1. The predicted molar refractivity (Wildman–Crippen MR) is 81.0 cm³/mol. The third kappa shape index (κ3) is 3.97. The molecule has 1 aliphatic rings. The van der Waals surface area contributed by atoms with Crippen molar-refractivity contribution in [1.82, 2.24) is 5.32 Å². The number of benzene rings is 1. The number of hydrogen-bond acceptors (Lipinski definition) is 4. The van der Waals surface area contributed by atoms with Gasteiger partial charge >= 0.3 is 5.97 Å². The summed E-state index contributed by atoms with van der Waals surface area (Å²) in [7, 11) is 1.45. The molecule has 110 valence electrons. The van der Waals surface area contributed by atoms with Gasteiger partial charge in [0, 0.05) is 24.8 Å². The fourth-order valence-corrected chi connectivity index (χ4v) is 2.27. The first kappa shape index (κ1) is 14.9. The Balaban J connectivity index is 2.04. The molecule has 0 spiro atoms. The van der Waals surface area contributed by atoms with E-state index in [1.165, 1.54) is 12.7 Å². The first-order valence-electron chi connectivity index (χ1n) is 7.29. The molecule has 1 saturated carbocycles. The minimum atomic E-state index is -0.256. The Kier molecular flexibility index (Phi) is 5.01. The standard InChI is InChI=1S/C16H24N2O2/c1-4-18(14-9-5-12(2)6-10-14)11-15(16(19)20-3)17-13-7-8-13/h5-6,9-10,13,15,17H,4,7-8,11H2,1-3H3. The van der Waals surface area contributed by atoms with Gasteiger partial charge in [0.2, 0.25) is 0 Å². The van der Waals surface area contributed by atoms with Gasteiger partial charge in [0.15, 0.2) is 0 Å². The minimum Gasteiger partial charge on any atom is -0.468 e. The molecule has 2 rings (SSSR count). The van der Waals surface area contributed by atoms with Crippen LogP contribution in [0, 0.1) is 6.92 Å². The second-order valence-corrected chi connectivity index (χ2v) is 5.39. The van der Waals surface area contributed by atoms with Gasteiger partial charge in [-0.2, -0.15) is 0 Å². The molecule has 1 aliphatic carbocycles. The van der Waals surface area contributed by atoms with Crippen LogP contribution in [0.1, 0.15) is 25.3 Å². The molecule has 0 aromatic heterocycles. The third-order valence-electron chi connectivity index (χ3n) is 3.68. The Labute approximate surface area is 121 Å². The maximum Gasteiger partial charge on any atom is 0.324 e. The first-order chi connectivity index (χ1) is 9.63. The molecule has 1 aromatic rings. The molecule has 20 heavy (non-hydrogen) atoms. The van der Waals surface area contributed by atoms with E-state index in [4.69, 9.17) is 4.74 Å². The average molecular weight is 276 g/mol. The van der Waals surface area contributed by atoms with Crippen molar-refractivity contribution in [2.45, 2.75) is 38.8 Å². The Morgan fingerprint density at radius 2 is 2.05 bits per heavy atom. The Hall–Kier alpha value is -1.55. The zero-order chi connectivity index (χ0) is 14.5. The quantitative estimate of drug-likeness (QED) is 0.775. The van der Waals surface area contributed by atoms with Crippen molar-refractivity contribution in [3.05, 3.63) is 29.8 Å². The number of esters is 1. The average Bonchev–Trinajstić information content (AvgIpc) is 3.27. The van der Waals surface area contributed by atoms with Gasteiger partial charge in [0.1, 0.15) is 6.04 Å².